The number of ether oxygens (including phenoxy) is 1. The van der Waals surface area contributed by atoms with Gasteiger partial charge in [0.15, 0.2) is 6.10 Å². The van der Waals surface area contributed by atoms with Gasteiger partial charge in [-0.25, -0.2) is 8.78 Å². The second kappa shape index (κ2) is 5.94. The van der Waals surface area contributed by atoms with E-state index in [4.69, 9.17) is 4.74 Å². The Kier molecular flexibility index (Phi) is 3.97. The fourth-order valence-electron chi connectivity index (χ4n) is 2.78. The number of likely N-dealkylation sites (tertiary alicyclic amines) is 1. The van der Waals surface area contributed by atoms with Crippen molar-refractivity contribution in [1.29, 1.82) is 0 Å². The number of carbonyl (C=O) groups is 1. The first-order valence-electron chi connectivity index (χ1n) is 7.23. The van der Waals surface area contributed by atoms with Gasteiger partial charge < -0.3 is 9.64 Å². The van der Waals surface area contributed by atoms with E-state index in [2.05, 4.69) is 0 Å². The van der Waals surface area contributed by atoms with Gasteiger partial charge in [0, 0.05) is 30.7 Å². The third-order valence-electron chi connectivity index (χ3n) is 3.90. The molecule has 0 spiro atoms. The second-order valence-corrected chi connectivity index (χ2v) is 5.41. The van der Waals surface area contributed by atoms with E-state index >= 15 is 0 Å². The minimum atomic E-state index is -2.76. The topological polar surface area (TPSA) is 72.7 Å². The molecule has 1 fully saturated rings. The summed E-state index contributed by atoms with van der Waals surface area (Å²) in [4.78, 5) is 23.9. The number of benzene rings is 1. The lowest BCUT2D eigenvalue weighted by Crippen LogP contribution is -2.37. The third kappa shape index (κ3) is 2.88. The van der Waals surface area contributed by atoms with Crippen LogP contribution in [-0.4, -0.2) is 34.8 Å². The first-order chi connectivity index (χ1) is 11.0. The zero-order valence-corrected chi connectivity index (χ0v) is 12.1. The van der Waals surface area contributed by atoms with Crippen LogP contribution in [0.5, 0.6) is 5.75 Å². The molecule has 8 heteroatoms. The number of halogens is 2. The molecule has 2 aliphatic rings. The van der Waals surface area contributed by atoms with E-state index in [1.807, 2.05) is 0 Å². The minimum Gasteiger partial charge on any atom is -0.480 e. The van der Waals surface area contributed by atoms with Crippen LogP contribution in [0.2, 0.25) is 0 Å². The molecule has 0 aliphatic carbocycles. The minimum absolute atomic E-state index is 0.122. The van der Waals surface area contributed by atoms with Gasteiger partial charge in [-0.3, -0.25) is 14.9 Å². The zero-order chi connectivity index (χ0) is 16.6. The SMILES string of the molecule is O=C1CCCCN1C1=CC(C(F)F)Oc2ccc([N+](=O)[O-])cc21. The molecule has 2 heterocycles. The number of fused-ring (bicyclic) bond motifs is 1. The molecule has 0 aromatic heterocycles. The van der Waals surface area contributed by atoms with Crippen LogP contribution >= 0.6 is 0 Å². The van der Waals surface area contributed by atoms with Crippen molar-refractivity contribution >= 4 is 17.3 Å². The quantitative estimate of drug-likeness (QED) is 0.633. The molecule has 0 N–H and O–H groups in total. The molecule has 1 aromatic carbocycles. The molecule has 1 saturated heterocycles. The number of piperidine rings is 1. The van der Waals surface area contributed by atoms with Gasteiger partial charge >= 0.3 is 0 Å². The number of hydrogen-bond acceptors (Lipinski definition) is 4. The number of amides is 1. The van der Waals surface area contributed by atoms with Gasteiger partial charge in [-0.1, -0.05) is 0 Å². The van der Waals surface area contributed by atoms with Gasteiger partial charge in [0.1, 0.15) is 5.75 Å². The van der Waals surface area contributed by atoms with E-state index in [9.17, 15) is 23.7 Å². The number of nitro groups is 1. The van der Waals surface area contributed by atoms with Crippen molar-refractivity contribution in [2.24, 2.45) is 0 Å². The Bertz CT molecular complexity index is 690. The monoisotopic (exact) mass is 324 g/mol. The summed E-state index contributed by atoms with van der Waals surface area (Å²) in [5.74, 6) is -0.0494. The number of carbonyl (C=O) groups excluding carboxylic acids is 1. The van der Waals surface area contributed by atoms with Crippen molar-refractivity contribution in [3.8, 4) is 5.75 Å². The summed E-state index contributed by atoms with van der Waals surface area (Å²) in [7, 11) is 0. The Morgan fingerprint density at radius 3 is 2.78 bits per heavy atom. The second-order valence-electron chi connectivity index (χ2n) is 5.41. The van der Waals surface area contributed by atoms with Gasteiger partial charge in [-0.15, -0.1) is 0 Å². The average Bonchev–Trinajstić information content (AvgIpc) is 2.53. The first-order valence-corrected chi connectivity index (χ1v) is 7.23. The maximum absolute atomic E-state index is 13.1. The highest BCUT2D eigenvalue weighted by Gasteiger charge is 2.33. The third-order valence-corrected chi connectivity index (χ3v) is 3.90. The normalized spacial score (nSPS) is 20.8. The predicted molar refractivity (Wildman–Crippen MR) is 77.1 cm³/mol. The van der Waals surface area contributed by atoms with Gasteiger partial charge in [0.2, 0.25) is 5.91 Å². The highest BCUT2D eigenvalue weighted by Crippen LogP contribution is 2.38. The molecular weight excluding hydrogens is 310 g/mol. The molecule has 0 saturated carbocycles. The standard InChI is InChI=1S/C15H14F2N2O4/c16-15(17)13-8-11(18-6-2-1-3-14(18)20)10-7-9(19(21)22)4-5-12(10)23-13/h4-5,7-8,13,15H,1-3,6H2. The van der Waals surface area contributed by atoms with Crippen LogP contribution in [0, 0.1) is 10.1 Å². The van der Waals surface area contributed by atoms with Crippen LogP contribution in [0.3, 0.4) is 0 Å². The Balaban J connectivity index is 2.08. The van der Waals surface area contributed by atoms with E-state index in [0.717, 1.165) is 12.8 Å². The van der Waals surface area contributed by atoms with Crippen LogP contribution in [0.25, 0.3) is 5.70 Å². The fraction of sp³-hybridized carbons (Fsp3) is 0.400. The van der Waals surface area contributed by atoms with E-state index in [0.29, 0.717) is 18.5 Å². The zero-order valence-electron chi connectivity index (χ0n) is 12.1. The Morgan fingerprint density at radius 1 is 1.35 bits per heavy atom. The predicted octanol–water partition coefficient (Wildman–Crippen LogP) is 2.97. The van der Waals surface area contributed by atoms with Crippen molar-refractivity contribution in [2.75, 3.05) is 6.54 Å². The number of nitro benzene ring substituents is 1. The van der Waals surface area contributed by atoms with Crippen LogP contribution in [0.4, 0.5) is 14.5 Å². The summed E-state index contributed by atoms with van der Waals surface area (Å²) in [6, 6.07) is 3.75. The van der Waals surface area contributed by atoms with Gasteiger partial charge in [0.05, 0.1) is 10.6 Å². The summed E-state index contributed by atoms with van der Waals surface area (Å²) < 4.78 is 31.4. The average molecular weight is 324 g/mol. The molecular formula is C15H14F2N2O4. The summed E-state index contributed by atoms with van der Waals surface area (Å²) in [6.07, 6.45) is -1.21. The number of rotatable bonds is 3. The van der Waals surface area contributed by atoms with Gasteiger partial charge in [0.25, 0.3) is 12.1 Å². The van der Waals surface area contributed by atoms with Gasteiger partial charge in [-0.2, -0.15) is 0 Å². The number of nitrogens with zero attached hydrogens (tertiary/aromatic N) is 2. The van der Waals surface area contributed by atoms with Crippen LogP contribution in [0.15, 0.2) is 24.3 Å². The highest BCUT2D eigenvalue weighted by molar-refractivity contribution is 5.89. The largest absolute Gasteiger partial charge is 0.480 e. The smallest absolute Gasteiger partial charge is 0.278 e. The maximum Gasteiger partial charge on any atom is 0.278 e. The maximum atomic E-state index is 13.1. The van der Waals surface area contributed by atoms with Gasteiger partial charge in [-0.05, 0) is 25.0 Å². The molecule has 0 radical (unpaired) electrons. The van der Waals surface area contributed by atoms with Crippen LogP contribution < -0.4 is 4.74 Å². The van der Waals surface area contributed by atoms with Crippen molar-refractivity contribution in [1.82, 2.24) is 4.90 Å². The molecule has 122 valence electrons. The summed E-state index contributed by atoms with van der Waals surface area (Å²) in [5, 5.41) is 11.0. The van der Waals surface area contributed by atoms with Crippen molar-refractivity contribution in [3.63, 3.8) is 0 Å². The Morgan fingerprint density at radius 2 is 2.13 bits per heavy atom. The summed E-state index contributed by atoms with van der Waals surface area (Å²) in [6.45, 7) is 0.406. The molecule has 3 rings (SSSR count). The molecule has 1 aromatic rings. The molecule has 1 amide bonds. The molecule has 6 nitrogen and oxygen atoms in total. The summed E-state index contributed by atoms with van der Waals surface area (Å²) >= 11 is 0. The number of non-ortho nitro benzene ring substituents is 1. The summed E-state index contributed by atoms with van der Waals surface area (Å²) in [5.41, 5.74) is 0.384. The molecule has 23 heavy (non-hydrogen) atoms. The molecule has 0 bridgehead atoms. The van der Waals surface area contributed by atoms with Crippen LogP contribution in [0.1, 0.15) is 24.8 Å². The fourth-order valence-corrected chi connectivity index (χ4v) is 2.78. The van der Waals surface area contributed by atoms with E-state index in [1.54, 1.807) is 0 Å². The molecule has 2 aliphatic heterocycles. The highest BCUT2D eigenvalue weighted by atomic mass is 19.3. The lowest BCUT2D eigenvalue weighted by Gasteiger charge is -2.33. The number of alkyl halides is 2. The van der Waals surface area contributed by atoms with Crippen LogP contribution in [-0.2, 0) is 4.79 Å². The van der Waals surface area contributed by atoms with E-state index < -0.39 is 17.5 Å². The van der Waals surface area contributed by atoms with E-state index in [-0.39, 0.29) is 23.0 Å². The number of hydrogen-bond donors (Lipinski definition) is 0. The van der Waals surface area contributed by atoms with Crippen molar-refractivity contribution in [3.05, 3.63) is 40.0 Å². The Labute approximate surface area is 130 Å². The first kappa shape index (κ1) is 15.4. The van der Waals surface area contributed by atoms with Crippen molar-refractivity contribution < 1.29 is 23.2 Å². The molecule has 1 unspecified atom stereocenters. The van der Waals surface area contributed by atoms with Crippen molar-refractivity contribution in [2.45, 2.75) is 31.8 Å². The Hall–Kier alpha value is -2.51. The molecule has 1 atom stereocenters. The van der Waals surface area contributed by atoms with E-state index in [1.165, 1.54) is 29.2 Å². The lowest BCUT2D eigenvalue weighted by molar-refractivity contribution is -0.384. The lowest BCUT2D eigenvalue weighted by atomic mass is 10.0.